The Morgan fingerprint density at radius 3 is 2.70 bits per heavy atom. The van der Waals surface area contributed by atoms with Crippen LogP contribution >= 0.6 is 0 Å². The molecule has 0 atom stereocenters. The normalized spacial score (nSPS) is 16.7. The molecule has 1 aliphatic heterocycles. The topological polar surface area (TPSA) is 107 Å². The molecule has 170 valence electrons. The van der Waals surface area contributed by atoms with Gasteiger partial charge in [0.25, 0.3) is 10.0 Å². The van der Waals surface area contributed by atoms with E-state index in [4.69, 9.17) is 4.74 Å². The predicted molar refractivity (Wildman–Crippen MR) is 123 cm³/mol. The third kappa shape index (κ3) is 3.30. The van der Waals surface area contributed by atoms with E-state index in [1.807, 2.05) is 18.2 Å². The Labute approximate surface area is 190 Å². The fraction of sp³-hybridized carbons (Fsp3) is 0.318. The highest BCUT2D eigenvalue weighted by Crippen LogP contribution is 2.53. The number of fused-ring (bicyclic) bond motifs is 1. The van der Waals surface area contributed by atoms with Gasteiger partial charge in [0.1, 0.15) is 16.3 Å². The quantitative estimate of drug-likeness (QED) is 0.466. The Balaban J connectivity index is 1.30. The molecule has 1 aliphatic carbocycles. The standard InChI is InChI=1S/C22H23N7O3S/c1-27-21-15(10-24-27)3-4-18(32-2)20(21)26-33(30,31)17-11-25-29(12-17)19-9-16(5-8-23-19)28-13-22(14-28)6-7-22/h3-5,8-12,26H,6-7,13-14H2,1-2H3. The number of benzene rings is 1. The number of hydrogen-bond donors (Lipinski definition) is 1. The Bertz CT molecular complexity index is 1480. The van der Waals surface area contributed by atoms with Gasteiger partial charge in [0.2, 0.25) is 0 Å². The maximum atomic E-state index is 13.2. The van der Waals surface area contributed by atoms with Gasteiger partial charge in [-0.2, -0.15) is 10.2 Å². The van der Waals surface area contributed by atoms with Gasteiger partial charge in [-0.3, -0.25) is 9.40 Å². The van der Waals surface area contributed by atoms with E-state index in [1.165, 1.54) is 37.0 Å². The molecule has 2 aliphatic rings. The van der Waals surface area contributed by atoms with Gasteiger partial charge in [0.05, 0.1) is 31.2 Å². The molecule has 0 unspecified atom stereocenters. The van der Waals surface area contributed by atoms with Crippen LogP contribution in [0.4, 0.5) is 11.4 Å². The number of ether oxygens (including phenoxy) is 1. The lowest BCUT2D eigenvalue weighted by Crippen LogP contribution is -2.48. The first-order chi connectivity index (χ1) is 15.9. The fourth-order valence-electron chi connectivity index (χ4n) is 4.45. The summed E-state index contributed by atoms with van der Waals surface area (Å²) in [7, 11) is -0.694. The van der Waals surface area contributed by atoms with Crippen LogP contribution in [0.3, 0.4) is 0 Å². The molecule has 1 N–H and O–H groups in total. The summed E-state index contributed by atoms with van der Waals surface area (Å²) >= 11 is 0. The zero-order chi connectivity index (χ0) is 22.8. The van der Waals surface area contributed by atoms with Crippen LogP contribution in [0.15, 0.2) is 53.9 Å². The lowest BCUT2D eigenvalue weighted by atomic mass is 9.96. The smallest absolute Gasteiger partial charge is 0.265 e. The van der Waals surface area contributed by atoms with E-state index in [0.717, 1.165) is 24.2 Å². The van der Waals surface area contributed by atoms with Gasteiger partial charge in [-0.25, -0.2) is 18.1 Å². The predicted octanol–water partition coefficient (Wildman–Crippen LogP) is 2.56. The van der Waals surface area contributed by atoms with E-state index in [-0.39, 0.29) is 4.90 Å². The van der Waals surface area contributed by atoms with Crippen molar-refractivity contribution < 1.29 is 13.2 Å². The number of rotatable bonds is 6. The highest BCUT2D eigenvalue weighted by Gasteiger charge is 2.52. The van der Waals surface area contributed by atoms with Crippen LogP contribution in [0.2, 0.25) is 0 Å². The van der Waals surface area contributed by atoms with Crippen LogP contribution in [-0.4, -0.2) is 53.2 Å². The van der Waals surface area contributed by atoms with Crippen LogP contribution in [-0.2, 0) is 17.1 Å². The van der Waals surface area contributed by atoms with Crippen LogP contribution in [0.1, 0.15) is 12.8 Å². The first-order valence-electron chi connectivity index (χ1n) is 10.7. The molecule has 0 amide bonds. The molecule has 4 aromatic rings. The van der Waals surface area contributed by atoms with Gasteiger partial charge in [-0.15, -0.1) is 0 Å². The van der Waals surface area contributed by atoms with Crippen LogP contribution < -0.4 is 14.4 Å². The number of hydrogen-bond acceptors (Lipinski definition) is 7. The lowest BCUT2D eigenvalue weighted by Gasteiger charge is -2.41. The zero-order valence-corrected chi connectivity index (χ0v) is 19.1. The van der Waals surface area contributed by atoms with E-state index in [2.05, 4.69) is 24.8 Å². The Kier molecular flexibility index (Phi) is 4.22. The summed E-state index contributed by atoms with van der Waals surface area (Å²) < 4.78 is 37.6. The highest BCUT2D eigenvalue weighted by molar-refractivity contribution is 7.92. The van der Waals surface area contributed by atoms with Gasteiger partial charge >= 0.3 is 0 Å². The van der Waals surface area contributed by atoms with Crippen molar-refractivity contribution in [3.63, 3.8) is 0 Å². The molecular weight excluding hydrogens is 442 g/mol. The lowest BCUT2D eigenvalue weighted by molar-refractivity contribution is 0.387. The third-order valence-corrected chi connectivity index (χ3v) is 7.83. The molecule has 10 nitrogen and oxygen atoms in total. The SMILES string of the molecule is COc1ccc2cnn(C)c2c1NS(=O)(=O)c1cnn(-c2cc(N3CC4(CC4)C3)ccn2)c1. The maximum Gasteiger partial charge on any atom is 0.265 e. The first kappa shape index (κ1) is 20.0. The number of methoxy groups -OCH3 is 1. The molecule has 3 aromatic heterocycles. The zero-order valence-electron chi connectivity index (χ0n) is 18.3. The average molecular weight is 466 g/mol. The Morgan fingerprint density at radius 1 is 1.12 bits per heavy atom. The van der Waals surface area contributed by atoms with E-state index < -0.39 is 10.0 Å². The van der Waals surface area contributed by atoms with Gasteiger partial charge in [-0.1, -0.05) is 0 Å². The minimum Gasteiger partial charge on any atom is -0.494 e. The molecule has 1 saturated heterocycles. The van der Waals surface area contributed by atoms with E-state index in [1.54, 1.807) is 30.2 Å². The van der Waals surface area contributed by atoms with Gasteiger partial charge in [0, 0.05) is 48.9 Å². The van der Waals surface area contributed by atoms with E-state index in [0.29, 0.717) is 28.2 Å². The van der Waals surface area contributed by atoms with Crippen molar-refractivity contribution >= 4 is 32.3 Å². The van der Waals surface area contributed by atoms with Crippen molar-refractivity contribution in [3.05, 3.63) is 49.1 Å². The molecule has 0 bridgehead atoms. The molecule has 1 saturated carbocycles. The Hall–Kier alpha value is -3.60. The summed E-state index contributed by atoms with van der Waals surface area (Å²) in [5.74, 6) is 0.969. The second-order valence-corrected chi connectivity index (χ2v) is 10.5. The number of sulfonamides is 1. The molecule has 11 heteroatoms. The third-order valence-electron chi connectivity index (χ3n) is 6.53. The van der Waals surface area contributed by atoms with Gasteiger partial charge in [-0.05, 0) is 31.0 Å². The summed E-state index contributed by atoms with van der Waals surface area (Å²) in [6.45, 7) is 2.14. The molecular formula is C22H23N7O3S. The van der Waals surface area contributed by atoms with Crippen LogP contribution in [0.5, 0.6) is 5.75 Å². The molecule has 33 heavy (non-hydrogen) atoms. The summed E-state index contributed by atoms with van der Waals surface area (Å²) in [5, 5.41) is 9.28. The number of anilines is 2. The van der Waals surface area contributed by atoms with E-state index in [9.17, 15) is 8.42 Å². The number of pyridine rings is 1. The summed E-state index contributed by atoms with van der Waals surface area (Å²) in [6, 6.07) is 7.45. The van der Waals surface area contributed by atoms with E-state index >= 15 is 0 Å². The minimum absolute atomic E-state index is 0.0248. The van der Waals surface area contributed by atoms with Crippen LogP contribution in [0.25, 0.3) is 16.7 Å². The second kappa shape index (κ2) is 6.95. The maximum absolute atomic E-state index is 13.2. The van der Waals surface area contributed by atoms with Crippen molar-refractivity contribution in [2.24, 2.45) is 12.5 Å². The van der Waals surface area contributed by atoms with Crippen molar-refractivity contribution in [3.8, 4) is 11.6 Å². The summed E-state index contributed by atoms with van der Waals surface area (Å²) in [5.41, 5.74) is 2.57. The molecule has 2 fully saturated rings. The minimum atomic E-state index is -3.94. The summed E-state index contributed by atoms with van der Waals surface area (Å²) in [6.07, 6.45) is 8.80. The highest BCUT2D eigenvalue weighted by atomic mass is 32.2. The number of nitrogens with zero attached hydrogens (tertiary/aromatic N) is 6. The second-order valence-electron chi connectivity index (χ2n) is 8.80. The average Bonchev–Trinajstić information content (AvgIpc) is 3.26. The number of aromatic nitrogens is 5. The number of aryl methyl sites for hydroxylation is 1. The van der Waals surface area contributed by atoms with Crippen molar-refractivity contribution in [2.45, 2.75) is 17.7 Å². The van der Waals surface area contributed by atoms with Crippen molar-refractivity contribution in [1.29, 1.82) is 0 Å². The number of nitrogens with one attached hydrogen (secondary N) is 1. The van der Waals surface area contributed by atoms with Gasteiger partial charge < -0.3 is 9.64 Å². The fourth-order valence-corrected chi connectivity index (χ4v) is 5.46. The molecule has 6 rings (SSSR count). The van der Waals surface area contributed by atoms with Gasteiger partial charge in [0.15, 0.2) is 5.82 Å². The van der Waals surface area contributed by atoms with Crippen LogP contribution in [0, 0.1) is 5.41 Å². The van der Waals surface area contributed by atoms with Crippen molar-refractivity contribution in [2.75, 3.05) is 29.8 Å². The van der Waals surface area contributed by atoms with Crippen molar-refractivity contribution in [1.82, 2.24) is 24.5 Å². The molecule has 4 heterocycles. The molecule has 0 radical (unpaired) electrons. The molecule has 1 spiro atoms. The Morgan fingerprint density at radius 2 is 1.94 bits per heavy atom. The first-order valence-corrected chi connectivity index (χ1v) is 12.1. The molecule has 1 aromatic carbocycles. The largest absolute Gasteiger partial charge is 0.494 e. The summed E-state index contributed by atoms with van der Waals surface area (Å²) in [4.78, 5) is 6.73. The monoisotopic (exact) mass is 465 g/mol.